The number of sulfonamides is 1. The average molecular weight is 300 g/mol. The van der Waals surface area contributed by atoms with Gasteiger partial charge in [0.2, 0.25) is 10.0 Å². The van der Waals surface area contributed by atoms with Crippen LogP contribution in [-0.4, -0.2) is 37.0 Å². The molecule has 1 fully saturated rings. The highest BCUT2D eigenvalue weighted by Gasteiger charge is 2.37. The number of nitrogens with zero attached hydrogens (tertiary/aromatic N) is 2. The van der Waals surface area contributed by atoms with Gasteiger partial charge in [0, 0.05) is 19.3 Å². The highest BCUT2D eigenvalue weighted by atomic mass is 32.2. The lowest BCUT2D eigenvalue weighted by Gasteiger charge is -2.35. The van der Waals surface area contributed by atoms with E-state index in [0.29, 0.717) is 18.7 Å². The number of rotatable bonds is 3. The first-order chi connectivity index (χ1) is 9.34. The number of alkyl halides is 1. The number of pyridine rings is 1. The molecular weight excluding hydrogens is 279 g/mol. The van der Waals surface area contributed by atoms with Crippen LogP contribution in [0.4, 0.5) is 4.39 Å². The highest BCUT2D eigenvalue weighted by molar-refractivity contribution is 7.89. The van der Waals surface area contributed by atoms with Gasteiger partial charge in [-0.1, -0.05) is 13.8 Å². The first kappa shape index (κ1) is 15.4. The molecular formula is C14H21FN2O2S. The lowest BCUT2D eigenvalue weighted by atomic mass is 9.86. The molecule has 0 saturated carbocycles. The van der Waals surface area contributed by atoms with Gasteiger partial charge in [-0.05, 0) is 37.3 Å². The quantitative estimate of drug-likeness (QED) is 0.861. The van der Waals surface area contributed by atoms with Crippen molar-refractivity contribution in [2.75, 3.05) is 13.1 Å². The summed E-state index contributed by atoms with van der Waals surface area (Å²) in [5, 5.41) is 0. The van der Waals surface area contributed by atoms with Crippen LogP contribution < -0.4 is 0 Å². The van der Waals surface area contributed by atoms with Gasteiger partial charge in [-0.15, -0.1) is 0 Å². The molecule has 0 spiro atoms. The summed E-state index contributed by atoms with van der Waals surface area (Å²) in [5.41, 5.74) is 0.453. The number of halogens is 1. The zero-order valence-electron chi connectivity index (χ0n) is 12.1. The first-order valence-electron chi connectivity index (χ1n) is 6.90. The number of aryl methyl sites for hydroxylation is 1. The minimum Gasteiger partial charge on any atom is -0.260 e. The van der Waals surface area contributed by atoms with Crippen LogP contribution in [-0.2, 0) is 10.0 Å². The standard InChI is InChI=1S/C14H21FN2O2S/c1-10(2)12-6-8-17(9-13(12)15)20(18,19)14-5-4-7-16-11(14)3/h4-5,7,10,12-13H,6,8-9H2,1-3H3/t12-,13-/m1/s1. The second kappa shape index (κ2) is 5.77. The van der Waals surface area contributed by atoms with E-state index in [1.807, 2.05) is 13.8 Å². The Kier molecular flexibility index (Phi) is 4.44. The molecule has 1 saturated heterocycles. The van der Waals surface area contributed by atoms with Gasteiger partial charge in [-0.25, -0.2) is 12.8 Å². The Bertz CT molecular complexity index is 574. The summed E-state index contributed by atoms with van der Waals surface area (Å²) in [7, 11) is -3.64. The third-order valence-corrected chi connectivity index (χ3v) is 5.99. The summed E-state index contributed by atoms with van der Waals surface area (Å²) in [5.74, 6) is 0.173. The normalized spacial score (nSPS) is 25.1. The molecule has 1 aliphatic heterocycles. The topological polar surface area (TPSA) is 50.3 Å². The summed E-state index contributed by atoms with van der Waals surface area (Å²) in [6.45, 7) is 5.93. The number of hydrogen-bond acceptors (Lipinski definition) is 3. The van der Waals surface area contributed by atoms with Gasteiger partial charge < -0.3 is 0 Å². The third kappa shape index (κ3) is 2.86. The molecule has 0 unspecified atom stereocenters. The van der Waals surface area contributed by atoms with Crippen LogP contribution in [0.3, 0.4) is 0 Å². The van der Waals surface area contributed by atoms with Gasteiger partial charge in [-0.3, -0.25) is 4.98 Å². The van der Waals surface area contributed by atoms with E-state index in [0.717, 1.165) is 0 Å². The van der Waals surface area contributed by atoms with Crippen LogP contribution in [0.25, 0.3) is 0 Å². The van der Waals surface area contributed by atoms with Gasteiger partial charge in [-0.2, -0.15) is 4.31 Å². The molecule has 1 aromatic rings. The van der Waals surface area contributed by atoms with E-state index in [-0.39, 0.29) is 23.3 Å². The Balaban J connectivity index is 2.23. The maximum absolute atomic E-state index is 14.2. The molecule has 20 heavy (non-hydrogen) atoms. The lowest BCUT2D eigenvalue weighted by Crippen LogP contribution is -2.46. The van der Waals surface area contributed by atoms with E-state index in [9.17, 15) is 12.8 Å². The molecule has 0 radical (unpaired) electrons. The number of aromatic nitrogens is 1. The smallest absolute Gasteiger partial charge is 0.244 e. The molecule has 0 N–H and O–H groups in total. The summed E-state index contributed by atoms with van der Waals surface area (Å²) in [4.78, 5) is 4.18. The molecule has 0 aliphatic carbocycles. The zero-order valence-corrected chi connectivity index (χ0v) is 12.9. The van der Waals surface area contributed by atoms with Crippen LogP contribution in [0.1, 0.15) is 26.0 Å². The Morgan fingerprint density at radius 2 is 2.15 bits per heavy atom. The van der Waals surface area contributed by atoms with Gasteiger partial charge in [0.1, 0.15) is 11.1 Å². The van der Waals surface area contributed by atoms with E-state index in [2.05, 4.69) is 4.98 Å². The fraction of sp³-hybridized carbons (Fsp3) is 0.643. The summed E-state index contributed by atoms with van der Waals surface area (Å²) >= 11 is 0. The van der Waals surface area contributed by atoms with Crippen LogP contribution in [0.5, 0.6) is 0 Å². The Labute approximate surface area is 120 Å². The molecule has 2 atom stereocenters. The largest absolute Gasteiger partial charge is 0.260 e. The molecule has 2 rings (SSSR count). The predicted octanol–water partition coefficient (Wildman–Crippen LogP) is 2.39. The van der Waals surface area contributed by atoms with Gasteiger partial charge in [0.25, 0.3) is 0 Å². The second-order valence-electron chi connectivity index (χ2n) is 5.66. The number of hydrogen-bond donors (Lipinski definition) is 0. The molecule has 6 heteroatoms. The Morgan fingerprint density at radius 1 is 1.45 bits per heavy atom. The van der Waals surface area contributed by atoms with Crippen LogP contribution >= 0.6 is 0 Å². The van der Waals surface area contributed by atoms with E-state index < -0.39 is 16.2 Å². The molecule has 0 amide bonds. The first-order valence-corrected chi connectivity index (χ1v) is 8.34. The lowest BCUT2D eigenvalue weighted by molar-refractivity contribution is 0.101. The summed E-state index contributed by atoms with van der Waals surface area (Å²) in [6.07, 6.45) is 1.02. The molecule has 4 nitrogen and oxygen atoms in total. The van der Waals surface area contributed by atoms with Gasteiger partial charge in [0.05, 0.1) is 5.69 Å². The van der Waals surface area contributed by atoms with E-state index in [1.165, 1.54) is 10.4 Å². The monoisotopic (exact) mass is 300 g/mol. The molecule has 1 aromatic heterocycles. The SMILES string of the molecule is Cc1ncccc1S(=O)(=O)N1CC[C@H](C(C)C)[C@H](F)C1. The second-order valence-corrected chi connectivity index (χ2v) is 7.57. The van der Waals surface area contributed by atoms with Crippen molar-refractivity contribution in [3.8, 4) is 0 Å². The Hall–Kier alpha value is -1.01. The fourth-order valence-electron chi connectivity index (χ4n) is 2.75. The van der Waals surface area contributed by atoms with Crippen LogP contribution in [0.2, 0.25) is 0 Å². The molecule has 0 aromatic carbocycles. The average Bonchev–Trinajstić information content (AvgIpc) is 2.38. The Morgan fingerprint density at radius 3 is 2.70 bits per heavy atom. The van der Waals surface area contributed by atoms with Crippen molar-refractivity contribution in [2.24, 2.45) is 11.8 Å². The van der Waals surface area contributed by atoms with E-state index >= 15 is 0 Å². The van der Waals surface area contributed by atoms with Crippen molar-refractivity contribution < 1.29 is 12.8 Å². The van der Waals surface area contributed by atoms with Crippen molar-refractivity contribution in [3.05, 3.63) is 24.0 Å². The van der Waals surface area contributed by atoms with Crippen molar-refractivity contribution in [1.82, 2.24) is 9.29 Å². The maximum atomic E-state index is 14.2. The van der Waals surface area contributed by atoms with Gasteiger partial charge >= 0.3 is 0 Å². The molecule has 2 heterocycles. The van der Waals surface area contributed by atoms with Crippen molar-refractivity contribution in [2.45, 2.75) is 38.3 Å². The van der Waals surface area contributed by atoms with Gasteiger partial charge in [0.15, 0.2) is 0 Å². The number of piperidine rings is 1. The van der Waals surface area contributed by atoms with Crippen molar-refractivity contribution in [3.63, 3.8) is 0 Å². The summed E-state index contributed by atoms with van der Waals surface area (Å²) < 4.78 is 40.5. The minimum atomic E-state index is -3.64. The molecule has 0 bridgehead atoms. The fourth-order valence-corrected chi connectivity index (χ4v) is 4.38. The third-order valence-electron chi connectivity index (χ3n) is 3.99. The zero-order chi connectivity index (χ0) is 14.9. The molecule has 112 valence electrons. The minimum absolute atomic E-state index is 0.0560. The predicted molar refractivity (Wildman–Crippen MR) is 75.6 cm³/mol. The van der Waals surface area contributed by atoms with Crippen molar-refractivity contribution >= 4 is 10.0 Å². The van der Waals surface area contributed by atoms with Crippen molar-refractivity contribution in [1.29, 1.82) is 0 Å². The highest BCUT2D eigenvalue weighted by Crippen LogP contribution is 2.30. The maximum Gasteiger partial charge on any atom is 0.244 e. The molecule has 1 aliphatic rings. The van der Waals surface area contributed by atoms with Crippen LogP contribution in [0, 0.1) is 18.8 Å². The summed E-state index contributed by atoms with van der Waals surface area (Å²) in [6, 6.07) is 3.12. The van der Waals surface area contributed by atoms with E-state index in [1.54, 1.807) is 19.2 Å². The van der Waals surface area contributed by atoms with E-state index in [4.69, 9.17) is 0 Å². The van der Waals surface area contributed by atoms with Crippen LogP contribution in [0.15, 0.2) is 23.2 Å².